The lowest BCUT2D eigenvalue weighted by atomic mass is 10.1. The molecule has 0 aliphatic rings. The normalized spacial score (nSPS) is 11.4. The summed E-state index contributed by atoms with van der Waals surface area (Å²) in [4.78, 5) is 7.58. The van der Waals surface area contributed by atoms with Crippen molar-refractivity contribution in [3.05, 3.63) is 53.3 Å². The number of rotatable bonds is 3. The molecule has 0 bridgehead atoms. The first-order valence-corrected chi connectivity index (χ1v) is 7.07. The zero-order valence-corrected chi connectivity index (χ0v) is 12.8. The van der Waals surface area contributed by atoms with Crippen LogP contribution in [0.2, 0.25) is 0 Å². The maximum Gasteiger partial charge on any atom is 0.165 e. The van der Waals surface area contributed by atoms with Gasteiger partial charge >= 0.3 is 0 Å². The number of ether oxygens (including phenoxy) is 1. The van der Waals surface area contributed by atoms with E-state index in [1.165, 1.54) is 7.11 Å². The Bertz CT molecular complexity index is 949. The van der Waals surface area contributed by atoms with Crippen molar-refractivity contribution in [1.29, 1.82) is 5.26 Å². The standard InChI is InChI=1S/C18H15N3O2/c1-11-6-7-14-15(8-11)21-18(20-14)13(10-19)9-12-4-3-5-16(23-2)17(12)22/h3-9,22H,1-2H3,(H,20,21)/b13-9+. The van der Waals surface area contributed by atoms with Crippen LogP contribution in [0.25, 0.3) is 22.7 Å². The smallest absolute Gasteiger partial charge is 0.165 e. The number of methoxy groups -OCH3 is 1. The van der Waals surface area contributed by atoms with E-state index >= 15 is 0 Å². The van der Waals surface area contributed by atoms with E-state index in [0.717, 1.165) is 16.6 Å². The van der Waals surface area contributed by atoms with Crippen LogP contribution in [-0.2, 0) is 0 Å². The second-order valence-electron chi connectivity index (χ2n) is 5.17. The van der Waals surface area contributed by atoms with Crippen LogP contribution >= 0.6 is 0 Å². The minimum atomic E-state index is -0.00490. The zero-order valence-electron chi connectivity index (χ0n) is 12.8. The van der Waals surface area contributed by atoms with E-state index in [-0.39, 0.29) is 5.75 Å². The summed E-state index contributed by atoms with van der Waals surface area (Å²) in [5.74, 6) is 0.821. The maximum absolute atomic E-state index is 10.1. The van der Waals surface area contributed by atoms with E-state index in [4.69, 9.17) is 4.74 Å². The van der Waals surface area contributed by atoms with Crippen LogP contribution < -0.4 is 4.74 Å². The van der Waals surface area contributed by atoms with Gasteiger partial charge in [0.2, 0.25) is 0 Å². The fourth-order valence-electron chi connectivity index (χ4n) is 2.38. The highest BCUT2D eigenvalue weighted by atomic mass is 16.5. The van der Waals surface area contributed by atoms with Gasteiger partial charge in [0.15, 0.2) is 11.5 Å². The van der Waals surface area contributed by atoms with E-state index in [1.54, 1.807) is 24.3 Å². The molecule has 0 unspecified atom stereocenters. The number of benzene rings is 2. The van der Waals surface area contributed by atoms with Gasteiger partial charge in [0.05, 0.1) is 23.7 Å². The van der Waals surface area contributed by atoms with Gasteiger partial charge in [-0.05, 0) is 36.8 Å². The number of nitriles is 1. The average Bonchev–Trinajstić information content (AvgIpc) is 2.96. The molecule has 0 aliphatic heterocycles. The number of aromatic amines is 1. The summed E-state index contributed by atoms with van der Waals surface area (Å²) in [5.41, 5.74) is 3.61. The lowest BCUT2D eigenvalue weighted by Crippen LogP contribution is -1.88. The Kier molecular flexibility index (Phi) is 3.73. The van der Waals surface area contributed by atoms with Gasteiger partial charge < -0.3 is 14.8 Å². The van der Waals surface area contributed by atoms with Crippen LogP contribution in [0.3, 0.4) is 0 Å². The minimum absolute atomic E-state index is 0.00490. The number of fused-ring (bicyclic) bond motifs is 1. The predicted molar refractivity (Wildman–Crippen MR) is 89.0 cm³/mol. The molecule has 0 saturated heterocycles. The molecular formula is C18H15N3O2. The fraction of sp³-hybridized carbons (Fsp3) is 0.111. The number of hydrogen-bond donors (Lipinski definition) is 2. The van der Waals surface area contributed by atoms with Gasteiger partial charge in [-0.1, -0.05) is 18.2 Å². The number of nitrogens with zero attached hydrogens (tertiary/aromatic N) is 2. The number of allylic oxidation sites excluding steroid dienone is 1. The van der Waals surface area contributed by atoms with Crippen LogP contribution in [-0.4, -0.2) is 22.2 Å². The van der Waals surface area contributed by atoms with Gasteiger partial charge in [0, 0.05) is 5.56 Å². The molecule has 1 heterocycles. The van der Waals surface area contributed by atoms with Crippen LogP contribution in [0.1, 0.15) is 17.0 Å². The molecule has 0 atom stereocenters. The Morgan fingerprint density at radius 2 is 2.17 bits per heavy atom. The number of imidazole rings is 1. The predicted octanol–water partition coefficient (Wildman–Crippen LogP) is 3.65. The highest BCUT2D eigenvalue weighted by Gasteiger charge is 2.11. The molecule has 2 aromatic carbocycles. The monoisotopic (exact) mass is 305 g/mol. The van der Waals surface area contributed by atoms with Gasteiger partial charge in [-0.15, -0.1) is 0 Å². The first-order chi connectivity index (χ1) is 11.1. The second kappa shape index (κ2) is 5.85. The van der Waals surface area contributed by atoms with Crippen molar-refractivity contribution < 1.29 is 9.84 Å². The molecule has 5 heteroatoms. The third kappa shape index (κ3) is 2.74. The summed E-state index contributed by atoms with van der Waals surface area (Å²) in [7, 11) is 1.48. The molecule has 0 radical (unpaired) electrons. The highest BCUT2D eigenvalue weighted by molar-refractivity contribution is 5.91. The largest absolute Gasteiger partial charge is 0.504 e. The highest BCUT2D eigenvalue weighted by Crippen LogP contribution is 2.32. The van der Waals surface area contributed by atoms with Gasteiger partial charge in [0.1, 0.15) is 11.9 Å². The summed E-state index contributed by atoms with van der Waals surface area (Å²) >= 11 is 0. The number of aromatic hydroxyl groups is 1. The molecule has 3 aromatic rings. The van der Waals surface area contributed by atoms with E-state index in [2.05, 4.69) is 16.0 Å². The van der Waals surface area contributed by atoms with Crippen LogP contribution in [0.5, 0.6) is 11.5 Å². The topological polar surface area (TPSA) is 81.9 Å². The fourth-order valence-corrected chi connectivity index (χ4v) is 2.38. The van der Waals surface area contributed by atoms with E-state index in [1.807, 2.05) is 25.1 Å². The van der Waals surface area contributed by atoms with Crippen LogP contribution in [0, 0.1) is 18.3 Å². The number of aromatic nitrogens is 2. The van der Waals surface area contributed by atoms with Gasteiger partial charge in [-0.3, -0.25) is 0 Å². The summed E-state index contributed by atoms with van der Waals surface area (Å²) in [5, 5.41) is 19.6. The Hall–Kier alpha value is -3.26. The Labute approximate surface area is 133 Å². The molecule has 0 spiro atoms. The molecule has 0 fully saturated rings. The maximum atomic E-state index is 10.1. The molecule has 0 aliphatic carbocycles. The zero-order chi connectivity index (χ0) is 16.4. The SMILES string of the molecule is COc1cccc(/C=C(\C#N)c2nc3ccc(C)cc3[nH]2)c1O. The molecule has 114 valence electrons. The van der Waals surface area contributed by atoms with Gasteiger partial charge in [-0.2, -0.15) is 5.26 Å². The third-order valence-corrected chi connectivity index (χ3v) is 3.56. The molecular weight excluding hydrogens is 290 g/mol. The van der Waals surface area contributed by atoms with Crippen LogP contribution in [0.4, 0.5) is 0 Å². The lowest BCUT2D eigenvalue weighted by Gasteiger charge is -2.05. The summed E-state index contributed by atoms with van der Waals surface area (Å²) in [6.45, 7) is 2.00. The number of H-pyrrole nitrogens is 1. The number of aryl methyl sites for hydroxylation is 1. The molecule has 0 saturated carbocycles. The van der Waals surface area contributed by atoms with Crippen molar-refractivity contribution in [2.75, 3.05) is 7.11 Å². The van der Waals surface area contributed by atoms with Crippen LogP contribution in [0.15, 0.2) is 36.4 Å². The Morgan fingerprint density at radius 1 is 1.35 bits per heavy atom. The quantitative estimate of drug-likeness (QED) is 0.724. The Morgan fingerprint density at radius 3 is 2.91 bits per heavy atom. The third-order valence-electron chi connectivity index (χ3n) is 3.56. The van der Waals surface area contributed by atoms with Crippen molar-refractivity contribution in [3.63, 3.8) is 0 Å². The molecule has 2 N–H and O–H groups in total. The second-order valence-corrected chi connectivity index (χ2v) is 5.17. The van der Waals surface area contributed by atoms with Crippen molar-refractivity contribution in [1.82, 2.24) is 9.97 Å². The molecule has 5 nitrogen and oxygen atoms in total. The average molecular weight is 305 g/mol. The summed E-state index contributed by atoms with van der Waals surface area (Å²) < 4.78 is 5.08. The molecule has 3 rings (SSSR count). The van der Waals surface area contributed by atoms with Crippen molar-refractivity contribution in [2.45, 2.75) is 6.92 Å². The van der Waals surface area contributed by atoms with Crippen molar-refractivity contribution >= 4 is 22.7 Å². The summed E-state index contributed by atoms with van der Waals surface area (Å²) in [6.07, 6.45) is 1.59. The number of para-hydroxylation sites is 1. The van der Waals surface area contributed by atoms with E-state index in [9.17, 15) is 10.4 Å². The van der Waals surface area contributed by atoms with Crippen molar-refractivity contribution in [3.8, 4) is 17.6 Å². The Balaban J connectivity index is 2.10. The first kappa shape index (κ1) is 14.7. The minimum Gasteiger partial charge on any atom is -0.504 e. The molecule has 0 amide bonds. The van der Waals surface area contributed by atoms with Gasteiger partial charge in [0.25, 0.3) is 0 Å². The number of phenolic OH excluding ortho intramolecular Hbond substituents is 1. The van der Waals surface area contributed by atoms with E-state index in [0.29, 0.717) is 22.7 Å². The van der Waals surface area contributed by atoms with E-state index < -0.39 is 0 Å². The van der Waals surface area contributed by atoms with Gasteiger partial charge in [-0.25, -0.2) is 4.98 Å². The first-order valence-electron chi connectivity index (χ1n) is 7.07. The van der Waals surface area contributed by atoms with Crippen molar-refractivity contribution in [2.24, 2.45) is 0 Å². The summed E-state index contributed by atoms with van der Waals surface area (Å²) in [6, 6.07) is 13.1. The molecule has 1 aromatic heterocycles. The lowest BCUT2D eigenvalue weighted by molar-refractivity contribution is 0.373. The number of phenols is 1. The number of nitrogens with one attached hydrogen (secondary N) is 1. The molecule has 23 heavy (non-hydrogen) atoms. The number of hydrogen-bond acceptors (Lipinski definition) is 4.